The largest absolute Gasteiger partial charge is 0.306 e. The third kappa shape index (κ3) is 3.23. The van der Waals surface area contributed by atoms with Gasteiger partial charge in [-0.25, -0.2) is 4.68 Å². The number of hydrogen-bond acceptors (Lipinski definition) is 3. The highest BCUT2D eigenvalue weighted by Gasteiger charge is 2.14. The Labute approximate surface area is 151 Å². The minimum Gasteiger partial charge on any atom is -0.306 e. The summed E-state index contributed by atoms with van der Waals surface area (Å²) in [6, 6.07) is 24.5. The van der Waals surface area contributed by atoms with Crippen molar-refractivity contribution in [2.24, 2.45) is 0 Å². The van der Waals surface area contributed by atoms with Crippen LogP contribution in [-0.2, 0) is 0 Å². The maximum absolute atomic E-state index is 12.6. The summed E-state index contributed by atoms with van der Waals surface area (Å²) in [5, 5.41) is 7.63. The summed E-state index contributed by atoms with van der Waals surface area (Å²) in [6.07, 6.45) is 3.44. The molecule has 1 N–H and O–H groups in total. The summed E-state index contributed by atoms with van der Waals surface area (Å²) in [5.74, 6) is 0.431. The lowest BCUT2D eigenvalue weighted by atomic mass is 10.2. The molecule has 0 bridgehead atoms. The quantitative estimate of drug-likeness (QED) is 0.606. The van der Waals surface area contributed by atoms with Gasteiger partial charge in [0.05, 0.1) is 11.4 Å². The molecule has 0 spiro atoms. The minimum atomic E-state index is -0.177. The van der Waals surface area contributed by atoms with E-state index in [4.69, 9.17) is 0 Å². The molecular weight excluding hydrogens is 324 g/mol. The Kier molecular flexibility index (Phi) is 4.26. The van der Waals surface area contributed by atoms with E-state index in [9.17, 15) is 4.79 Å². The summed E-state index contributed by atoms with van der Waals surface area (Å²) in [7, 11) is 0. The Morgan fingerprint density at radius 1 is 0.846 bits per heavy atom. The first-order chi connectivity index (χ1) is 12.8. The molecule has 0 aliphatic heterocycles. The zero-order chi connectivity index (χ0) is 17.8. The fourth-order valence-corrected chi connectivity index (χ4v) is 2.68. The summed E-state index contributed by atoms with van der Waals surface area (Å²) in [4.78, 5) is 16.6. The highest BCUT2D eigenvalue weighted by atomic mass is 16.1. The van der Waals surface area contributed by atoms with Crippen molar-refractivity contribution >= 4 is 11.7 Å². The summed E-state index contributed by atoms with van der Waals surface area (Å²) < 4.78 is 1.73. The van der Waals surface area contributed by atoms with Crippen LogP contribution in [0.5, 0.6) is 0 Å². The van der Waals surface area contributed by atoms with E-state index in [-0.39, 0.29) is 5.91 Å². The van der Waals surface area contributed by atoms with E-state index in [2.05, 4.69) is 15.4 Å². The number of carbonyl (C=O) groups is 1. The zero-order valence-corrected chi connectivity index (χ0v) is 13.9. The van der Waals surface area contributed by atoms with Crippen molar-refractivity contribution in [1.82, 2.24) is 14.8 Å². The molecule has 0 fully saturated rings. The van der Waals surface area contributed by atoms with E-state index < -0.39 is 0 Å². The number of para-hydroxylation sites is 1. The van der Waals surface area contributed by atoms with Gasteiger partial charge in [-0.2, -0.15) is 5.10 Å². The van der Waals surface area contributed by atoms with Crippen molar-refractivity contribution in [3.63, 3.8) is 0 Å². The lowest BCUT2D eigenvalue weighted by molar-refractivity contribution is 0.102. The number of amides is 1. The fourth-order valence-electron chi connectivity index (χ4n) is 2.68. The van der Waals surface area contributed by atoms with Gasteiger partial charge in [-0.15, -0.1) is 0 Å². The van der Waals surface area contributed by atoms with Crippen LogP contribution in [0.4, 0.5) is 5.82 Å². The first-order valence-corrected chi connectivity index (χ1v) is 8.23. The molecule has 0 radical (unpaired) electrons. The van der Waals surface area contributed by atoms with E-state index in [0.717, 1.165) is 16.9 Å². The number of anilines is 1. The van der Waals surface area contributed by atoms with Crippen molar-refractivity contribution < 1.29 is 4.79 Å². The number of nitrogens with one attached hydrogen (secondary N) is 1. The van der Waals surface area contributed by atoms with Crippen molar-refractivity contribution in [3.05, 3.63) is 96.8 Å². The molecule has 2 aromatic heterocycles. The van der Waals surface area contributed by atoms with Gasteiger partial charge in [0.15, 0.2) is 0 Å². The highest BCUT2D eigenvalue weighted by molar-refractivity contribution is 6.04. The number of nitrogens with zero attached hydrogens (tertiary/aromatic N) is 3. The van der Waals surface area contributed by atoms with Crippen molar-refractivity contribution in [2.45, 2.75) is 0 Å². The van der Waals surface area contributed by atoms with Gasteiger partial charge in [-0.3, -0.25) is 9.78 Å². The summed E-state index contributed by atoms with van der Waals surface area (Å²) in [6.45, 7) is 0. The Bertz CT molecular complexity index is 1010. The normalized spacial score (nSPS) is 10.5. The number of benzene rings is 2. The third-order valence-corrected chi connectivity index (χ3v) is 3.96. The van der Waals surface area contributed by atoms with E-state index >= 15 is 0 Å². The molecule has 1 amide bonds. The van der Waals surface area contributed by atoms with E-state index in [1.807, 2.05) is 66.7 Å². The summed E-state index contributed by atoms with van der Waals surface area (Å²) in [5.41, 5.74) is 3.17. The van der Waals surface area contributed by atoms with Crippen molar-refractivity contribution in [2.75, 3.05) is 5.32 Å². The molecule has 5 nitrogen and oxygen atoms in total. The lowest BCUT2D eigenvalue weighted by Crippen LogP contribution is -2.14. The Morgan fingerprint density at radius 2 is 1.50 bits per heavy atom. The fraction of sp³-hybridized carbons (Fsp3) is 0. The predicted octanol–water partition coefficient (Wildman–Crippen LogP) is 4.19. The molecule has 0 atom stereocenters. The molecule has 4 rings (SSSR count). The van der Waals surface area contributed by atoms with Gasteiger partial charge in [0.25, 0.3) is 5.91 Å². The van der Waals surface area contributed by atoms with Crippen LogP contribution in [0.2, 0.25) is 0 Å². The van der Waals surface area contributed by atoms with Crippen LogP contribution in [0.25, 0.3) is 16.9 Å². The molecular formula is C21H16N4O. The number of hydrogen-bond donors (Lipinski definition) is 1. The maximum Gasteiger partial charge on any atom is 0.256 e. The number of rotatable bonds is 4. The van der Waals surface area contributed by atoms with Crippen LogP contribution in [0, 0.1) is 0 Å². The second-order valence-corrected chi connectivity index (χ2v) is 5.72. The van der Waals surface area contributed by atoms with Crippen molar-refractivity contribution in [1.29, 1.82) is 0 Å². The smallest absolute Gasteiger partial charge is 0.256 e. The van der Waals surface area contributed by atoms with E-state index in [0.29, 0.717) is 11.4 Å². The molecule has 126 valence electrons. The molecule has 0 unspecified atom stereocenters. The minimum absolute atomic E-state index is 0.177. The molecule has 4 aromatic rings. The molecule has 0 aliphatic carbocycles. The van der Waals surface area contributed by atoms with Gasteiger partial charge in [0.2, 0.25) is 0 Å². The van der Waals surface area contributed by atoms with Crippen LogP contribution in [0.3, 0.4) is 0 Å². The van der Waals surface area contributed by atoms with Gasteiger partial charge >= 0.3 is 0 Å². The number of aromatic nitrogens is 3. The first-order valence-electron chi connectivity index (χ1n) is 8.23. The highest BCUT2D eigenvalue weighted by Crippen LogP contribution is 2.24. The van der Waals surface area contributed by atoms with Crippen LogP contribution in [-0.4, -0.2) is 20.7 Å². The van der Waals surface area contributed by atoms with Crippen molar-refractivity contribution in [3.8, 4) is 16.9 Å². The van der Waals surface area contributed by atoms with Gasteiger partial charge in [0.1, 0.15) is 5.82 Å². The Morgan fingerprint density at radius 3 is 2.19 bits per heavy atom. The van der Waals surface area contributed by atoms with Crippen LogP contribution < -0.4 is 5.32 Å². The van der Waals surface area contributed by atoms with Crippen LogP contribution >= 0.6 is 0 Å². The average Bonchev–Trinajstić information content (AvgIpc) is 3.14. The zero-order valence-electron chi connectivity index (χ0n) is 13.9. The summed E-state index contributed by atoms with van der Waals surface area (Å²) >= 11 is 0. The standard InChI is InChI=1S/C21H16N4O/c26-21(17-7-3-1-4-8-17)23-20-15-19(16-11-13-22-14-12-16)24-25(20)18-9-5-2-6-10-18/h1-15H,(H,23,26). The topological polar surface area (TPSA) is 59.8 Å². The molecule has 2 heterocycles. The van der Waals surface area contributed by atoms with Crippen LogP contribution in [0.15, 0.2) is 91.3 Å². The van der Waals surface area contributed by atoms with Gasteiger partial charge in [0, 0.05) is 29.6 Å². The maximum atomic E-state index is 12.6. The SMILES string of the molecule is O=C(Nc1cc(-c2ccncc2)nn1-c1ccccc1)c1ccccc1. The molecule has 0 aliphatic rings. The second-order valence-electron chi connectivity index (χ2n) is 5.72. The molecule has 5 heteroatoms. The predicted molar refractivity (Wildman–Crippen MR) is 101 cm³/mol. The average molecular weight is 340 g/mol. The molecule has 0 saturated heterocycles. The van der Waals surface area contributed by atoms with Gasteiger partial charge in [-0.05, 0) is 36.4 Å². The molecule has 2 aromatic carbocycles. The second kappa shape index (κ2) is 7.03. The lowest BCUT2D eigenvalue weighted by Gasteiger charge is -2.08. The molecule has 0 saturated carbocycles. The Hall–Kier alpha value is -3.73. The first kappa shape index (κ1) is 15.8. The van der Waals surface area contributed by atoms with Gasteiger partial charge < -0.3 is 5.32 Å². The van der Waals surface area contributed by atoms with E-state index in [1.165, 1.54) is 0 Å². The Balaban J connectivity index is 1.75. The third-order valence-electron chi connectivity index (χ3n) is 3.96. The van der Waals surface area contributed by atoms with Gasteiger partial charge in [-0.1, -0.05) is 36.4 Å². The number of carbonyl (C=O) groups excluding carboxylic acids is 1. The monoisotopic (exact) mass is 340 g/mol. The molecule has 26 heavy (non-hydrogen) atoms. The number of pyridine rings is 1. The van der Waals surface area contributed by atoms with Crippen LogP contribution in [0.1, 0.15) is 10.4 Å². The van der Waals surface area contributed by atoms with E-state index in [1.54, 1.807) is 29.2 Å².